The molecule has 1 N–H and O–H groups in total. The van der Waals surface area contributed by atoms with Crippen LogP contribution in [0.5, 0.6) is 0 Å². The molecule has 2 aliphatic rings. The first-order valence-electron chi connectivity index (χ1n) is 8.66. The molecule has 2 nitrogen and oxygen atoms in total. The van der Waals surface area contributed by atoms with Crippen LogP contribution in [0.3, 0.4) is 0 Å². The predicted octanol–water partition coefficient (Wildman–Crippen LogP) is 3.83. The average molecular weight is 267 g/mol. The van der Waals surface area contributed by atoms with Crippen molar-refractivity contribution < 1.29 is 5.11 Å². The number of aliphatic hydroxyl groups excluding tert-OH is 1. The minimum absolute atomic E-state index is 0.0315. The third-order valence-electron chi connectivity index (χ3n) is 5.08. The van der Waals surface area contributed by atoms with Gasteiger partial charge in [-0.05, 0) is 56.9 Å². The highest BCUT2D eigenvalue weighted by atomic mass is 16.3. The summed E-state index contributed by atoms with van der Waals surface area (Å²) in [6.45, 7) is 6.98. The Morgan fingerprint density at radius 3 is 2.47 bits per heavy atom. The molecule has 0 bridgehead atoms. The summed E-state index contributed by atoms with van der Waals surface area (Å²) in [4.78, 5) is 2.69. The lowest BCUT2D eigenvalue weighted by Crippen LogP contribution is -2.40. The second kappa shape index (κ2) is 7.64. The van der Waals surface area contributed by atoms with Crippen LogP contribution in [0.2, 0.25) is 0 Å². The zero-order valence-electron chi connectivity index (χ0n) is 13.0. The van der Waals surface area contributed by atoms with Gasteiger partial charge in [0.25, 0.3) is 0 Å². The van der Waals surface area contributed by atoms with E-state index in [1.807, 2.05) is 0 Å². The van der Waals surface area contributed by atoms with Gasteiger partial charge in [0, 0.05) is 12.6 Å². The van der Waals surface area contributed by atoms with Crippen LogP contribution in [0.1, 0.15) is 71.6 Å². The van der Waals surface area contributed by atoms with Gasteiger partial charge in [0.05, 0.1) is 6.10 Å². The minimum Gasteiger partial charge on any atom is -0.393 e. The van der Waals surface area contributed by atoms with Gasteiger partial charge < -0.3 is 10.0 Å². The van der Waals surface area contributed by atoms with Gasteiger partial charge in [0.15, 0.2) is 0 Å². The molecule has 2 aliphatic carbocycles. The summed E-state index contributed by atoms with van der Waals surface area (Å²) in [7, 11) is 0. The largest absolute Gasteiger partial charge is 0.393 e. The quantitative estimate of drug-likeness (QED) is 0.722. The van der Waals surface area contributed by atoms with Crippen LogP contribution in [0.4, 0.5) is 0 Å². The number of hydrogen-bond acceptors (Lipinski definition) is 2. The molecule has 112 valence electrons. The summed E-state index contributed by atoms with van der Waals surface area (Å²) < 4.78 is 0. The van der Waals surface area contributed by atoms with Gasteiger partial charge in [0.2, 0.25) is 0 Å². The first-order valence-corrected chi connectivity index (χ1v) is 8.66. The molecule has 19 heavy (non-hydrogen) atoms. The van der Waals surface area contributed by atoms with E-state index in [1.54, 1.807) is 0 Å². The molecule has 2 rings (SSSR count). The molecule has 0 amide bonds. The first-order chi connectivity index (χ1) is 9.24. The summed E-state index contributed by atoms with van der Waals surface area (Å²) in [6.07, 6.45) is 11.6. The molecule has 3 atom stereocenters. The number of hydrogen-bond donors (Lipinski definition) is 1. The van der Waals surface area contributed by atoms with Crippen LogP contribution in [-0.4, -0.2) is 35.2 Å². The zero-order valence-corrected chi connectivity index (χ0v) is 13.0. The third-order valence-corrected chi connectivity index (χ3v) is 5.08. The number of nitrogens with zero attached hydrogens (tertiary/aromatic N) is 1. The molecule has 0 saturated heterocycles. The monoisotopic (exact) mass is 267 g/mol. The summed E-state index contributed by atoms with van der Waals surface area (Å²) in [6, 6.07) is 0.852. The van der Waals surface area contributed by atoms with Gasteiger partial charge in [-0.3, -0.25) is 0 Å². The van der Waals surface area contributed by atoms with Crippen molar-refractivity contribution in [3.8, 4) is 0 Å². The highest BCUT2D eigenvalue weighted by Gasteiger charge is 2.34. The molecule has 2 saturated carbocycles. The summed E-state index contributed by atoms with van der Waals surface area (Å²) >= 11 is 0. The predicted molar refractivity (Wildman–Crippen MR) is 81.2 cm³/mol. The second-order valence-electron chi connectivity index (χ2n) is 6.87. The summed E-state index contributed by atoms with van der Waals surface area (Å²) in [5, 5.41) is 10.3. The Balaban J connectivity index is 1.83. The normalized spacial score (nSPS) is 31.9. The Morgan fingerprint density at radius 1 is 1.05 bits per heavy atom. The van der Waals surface area contributed by atoms with Gasteiger partial charge in [0.1, 0.15) is 0 Å². The molecule has 3 unspecified atom stereocenters. The highest BCUT2D eigenvalue weighted by Crippen LogP contribution is 2.35. The molecule has 0 aromatic heterocycles. The van der Waals surface area contributed by atoms with E-state index in [9.17, 15) is 5.11 Å². The van der Waals surface area contributed by atoms with Crippen molar-refractivity contribution in [2.24, 2.45) is 11.8 Å². The standard InChI is InChI=1S/C17H33NO/c1-3-5-11-18(16-8-9-16)13-15-12-14(6-4-2)7-10-17(15)19/h14-17,19H,3-13H2,1-2H3. The molecule has 0 spiro atoms. The molecule has 0 aromatic rings. The van der Waals surface area contributed by atoms with Crippen molar-refractivity contribution in [3.63, 3.8) is 0 Å². The maximum atomic E-state index is 10.3. The summed E-state index contributed by atoms with van der Waals surface area (Å²) in [5.74, 6) is 1.42. The zero-order chi connectivity index (χ0) is 13.7. The van der Waals surface area contributed by atoms with Crippen molar-refractivity contribution in [3.05, 3.63) is 0 Å². The second-order valence-corrected chi connectivity index (χ2v) is 6.87. The molecular weight excluding hydrogens is 234 g/mol. The van der Waals surface area contributed by atoms with E-state index < -0.39 is 0 Å². The van der Waals surface area contributed by atoms with Gasteiger partial charge >= 0.3 is 0 Å². The molecule has 0 heterocycles. The van der Waals surface area contributed by atoms with E-state index in [0.717, 1.165) is 24.9 Å². The van der Waals surface area contributed by atoms with Gasteiger partial charge in [-0.25, -0.2) is 0 Å². The number of aliphatic hydroxyl groups is 1. The Bertz CT molecular complexity index is 252. The lowest BCUT2D eigenvalue weighted by atomic mass is 9.77. The summed E-state index contributed by atoms with van der Waals surface area (Å²) in [5.41, 5.74) is 0. The van der Waals surface area contributed by atoms with E-state index in [0.29, 0.717) is 5.92 Å². The van der Waals surface area contributed by atoms with Gasteiger partial charge in [-0.15, -0.1) is 0 Å². The fraction of sp³-hybridized carbons (Fsp3) is 1.00. The van der Waals surface area contributed by atoms with Crippen LogP contribution in [0, 0.1) is 11.8 Å². The lowest BCUT2D eigenvalue weighted by molar-refractivity contribution is 0.0239. The Kier molecular flexibility index (Phi) is 6.15. The van der Waals surface area contributed by atoms with Gasteiger partial charge in [-0.1, -0.05) is 33.1 Å². The van der Waals surface area contributed by atoms with Crippen LogP contribution in [-0.2, 0) is 0 Å². The van der Waals surface area contributed by atoms with E-state index in [1.165, 1.54) is 57.9 Å². The Labute approximate surface area is 119 Å². The molecular formula is C17H33NO. The van der Waals surface area contributed by atoms with Crippen LogP contribution in [0.25, 0.3) is 0 Å². The molecule has 2 heteroatoms. The third kappa shape index (κ3) is 4.75. The van der Waals surface area contributed by atoms with Crippen LogP contribution < -0.4 is 0 Å². The SMILES string of the molecule is CCCCN(CC1CC(CCC)CCC1O)C1CC1. The van der Waals surface area contributed by atoms with E-state index >= 15 is 0 Å². The molecule has 0 radical (unpaired) electrons. The van der Waals surface area contributed by atoms with Crippen molar-refractivity contribution in [2.75, 3.05) is 13.1 Å². The van der Waals surface area contributed by atoms with E-state index in [-0.39, 0.29) is 6.10 Å². The van der Waals surface area contributed by atoms with Crippen LogP contribution in [0.15, 0.2) is 0 Å². The molecule has 2 fully saturated rings. The van der Waals surface area contributed by atoms with Crippen molar-refractivity contribution in [2.45, 2.75) is 83.8 Å². The topological polar surface area (TPSA) is 23.5 Å². The number of unbranched alkanes of at least 4 members (excludes halogenated alkanes) is 1. The van der Waals surface area contributed by atoms with Crippen molar-refractivity contribution in [1.82, 2.24) is 4.90 Å². The maximum absolute atomic E-state index is 10.3. The highest BCUT2D eigenvalue weighted by molar-refractivity contribution is 4.88. The van der Waals surface area contributed by atoms with Crippen molar-refractivity contribution in [1.29, 1.82) is 0 Å². The van der Waals surface area contributed by atoms with E-state index in [2.05, 4.69) is 18.7 Å². The fourth-order valence-corrected chi connectivity index (χ4v) is 3.74. The first kappa shape index (κ1) is 15.3. The fourth-order valence-electron chi connectivity index (χ4n) is 3.74. The maximum Gasteiger partial charge on any atom is 0.0580 e. The average Bonchev–Trinajstić information content (AvgIpc) is 3.22. The van der Waals surface area contributed by atoms with Crippen LogP contribution >= 0.6 is 0 Å². The number of rotatable bonds is 8. The minimum atomic E-state index is -0.0315. The smallest absolute Gasteiger partial charge is 0.0580 e. The lowest BCUT2D eigenvalue weighted by Gasteiger charge is -2.37. The van der Waals surface area contributed by atoms with E-state index in [4.69, 9.17) is 0 Å². The van der Waals surface area contributed by atoms with Crippen molar-refractivity contribution >= 4 is 0 Å². The molecule has 0 aromatic carbocycles. The Morgan fingerprint density at radius 2 is 1.84 bits per heavy atom. The molecule has 0 aliphatic heterocycles. The van der Waals surface area contributed by atoms with Gasteiger partial charge in [-0.2, -0.15) is 0 Å². The Hall–Kier alpha value is -0.0800.